The Morgan fingerprint density at radius 2 is 1.41 bits per heavy atom. The Balaban J connectivity index is 1.35. The first-order valence-corrected chi connectivity index (χ1v) is 14.4. The molecule has 4 aromatic rings. The molecule has 1 heterocycles. The van der Waals surface area contributed by atoms with Crippen LogP contribution in [0, 0.1) is 6.92 Å². The first-order chi connectivity index (χ1) is 21.0. The van der Waals surface area contributed by atoms with E-state index in [-0.39, 0.29) is 23.2 Å². The molecule has 230 valence electrons. The second-order valence-corrected chi connectivity index (χ2v) is 11.3. The van der Waals surface area contributed by atoms with Crippen molar-refractivity contribution in [3.05, 3.63) is 95.6 Å². The van der Waals surface area contributed by atoms with Crippen LogP contribution in [0.25, 0.3) is 10.9 Å². The fourth-order valence-electron chi connectivity index (χ4n) is 5.62. The third-order valence-electron chi connectivity index (χ3n) is 7.81. The monoisotopic (exact) mass is 605 g/mol. The van der Waals surface area contributed by atoms with Gasteiger partial charge in [0.1, 0.15) is 5.82 Å². The van der Waals surface area contributed by atoms with Crippen molar-refractivity contribution in [3.8, 4) is 0 Å². The van der Waals surface area contributed by atoms with Crippen LogP contribution in [0.15, 0.2) is 78.9 Å². The van der Waals surface area contributed by atoms with E-state index in [0.29, 0.717) is 31.6 Å². The van der Waals surface area contributed by atoms with E-state index in [2.05, 4.69) is 16.7 Å². The largest absolute Gasteiger partial charge is 0.490 e. The molecule has 1 saturated carbocycles. The van der Waals surface area contributed by atoms with E-state index in [0.717, 1.165) is 22.3 Å². The predicted octanol–water partition coefficient (Wildman–Crippen LogP) is 5.89. The second kappa shape index (κ2) is 12.5. The number of amides is 1. The minimum atomic E-state index is -5.30. The number of hydrogen-bond donors (Lipinski definition) is 2. The van der Waals surface area contributed by atoms with E-state index in [1.54, 1.807) is 36.4 Å². The minimum Gasteiger partial charge on any atom is -0.432 e. The number of aryl methyl sites for hydroxylation is 1. The van der Waals surface area contributed by atoms with Crippen molar-refractivity contribution < 1.29 is 27.5 Å². The summed E-state index contributed by atoms with van der Waals surface area (Å²) in [7, 11) is 3.86. The highest BCUT2D eigenvalue weighted by atomic mass is 19.4. The van der Waals surface area contributed by atoms with Crippen molar-refractivity contribution in [2.45, 2.75) is 56.5 Å². The summed E-state index contributed by atoms with van der Waals surface area (Å²) in [5, 5.41) is 7.28. The normalized spacial score (nSPS) is 17.1. The number of ether oxygens (including phenoxy) is 1. The first-order valence-electron chi connectivity index (χ1n) is 14.4. The molecule has 1 aliphatic carbocycles. The topological polar surface area (TPSA) is 96.4 Å². The van der Waals surface area contributed by atoms with Crippen LogP contribution in [0.2, 0.25) is 0 Å². The SMILES string of the molecule is Cc1ccc2nc(NC3CCC(NC(=O)C(OC(=O)C(F)(F)F)(c4ccccc4)c4ccccc4)CC3)nc(N(C)C)c2c1. The molecule has 2 N–H and O–H groups in total. The number of fused-ring (bicyclic) bond motifs is 1. The van der Waals surface area contributed by atoms with Crippen molar-refractivity contribution in [3.63, 3.8) is 0 Å². The quantitative estimate of drug-likeness (QED) is 0.242. The lowest BCUT2D eigenvalue weighted by molar-refractivity contribution is -0.212. The molecule has 0 bridgehead atoms. The summed E-state index contributed by atoms with van der Waals surface area (Å²) in [5.74, 6) is -1.99. The van der Waals surface area contributed by atoms with Crippen LogP contribution >= 0.6 is 0 Å². The van der Waals surface area contributed by atoms with Gasteiger partial charge < -0.3 is 20.3 Å². The number of alkyl halides is 3. The molecule has 11 heteroatoms. The number of carbonyl (C=O) groups excluding carboxylic acids is 2. The van der Waals surface area contributed by atoms with Gasteiger partial charge in [-0.1, -0.05) is 72.3 Å². The lowest BCUT2D eigenvalue weighted by Crippen LogP contribution is -2.53. The standard InChI is InChI=1S/C33H34F3N5O3/c1-21-14-19-27-26(20-21)28(41(2)3)40-31(39-27)38-25-17-15-24(16-18-25)37-29(42)32(22-10-6-4-7-11-22,23-12-8-5-9-13-23)44-30(43)33(34,35)36/h4-14,19-20,24-25H,15-18H2,1-3H3,(H,37,42)(H,38,39,40). The average Bonchev–Trinajstić information content (AvgIpc) is 3.00. The van der Waals surface area contributed by atoms with Crippen LogP contribution in [-0.4, -0.2) is 54.2 Å². The van der Waals surface area contributed by atoms with Crippen LogP contribution in [0.4, 0.5) is 24.9 Å². The summed E-state index contributed by atoms with van der Waals surface area (Å²) in [6.07, 6.45) is -2.89. The van der Waals surface area contributed by atoms with E-state index < -0.39 is 23.7 Å². The van der Waals surface area contributed by atoms with Gasteiger partial charge in [0.05, 0.1) is 5.52 Å². The second-order valence-electron chi connectivity index (χ2n) is 11.3. The fourth-order valence-corrected chi connectivity index (χ4v) is 5.62. The van der Waals surface area contributed by atoms with Crippen LogP contribution in [0.1, 0.15) is 42.4 Å². The van der Waals surface area contributed by atoms with Crippen molar-refractivity contribution >= 4 is 34.5 Å². The molecule has 1 aliphatic rings. The zero-order chi connectivity index (χ0) is 31.5. The zero-order valence-corrected chi connectivity index (χ0v) is 24.7. The van der Waals surface area contributed by atoms with Crippen LogP contribution < -0.4 is 15.5 Å². The molecule has 0 spiro atoms. The fraction of sp³-hybridized carbons (Fsp3) is 0.333. The molecule has 1 aromatic heterocycles. The Labute approximate surface area is 253 Å². The molecule has 1 amide bonds. The third-order valence-corrected chi connectivity index (χ3v) is 7.81. The van der Waals surface area contributed by atoms with Gasteiger partial charge in [-0.05, 0) is 44.7 Å². The minimum absolute atomic E-state index is 0.0251. The van der Waals surface area contributed by atoms with E-state index in [9.17, 15) is 22.8 Å². The summed E-state index contributed by atoms with van der Waals surface area (Å²) >= 11 is 0. The molecular formula is C33H34F3N5O3. The molecule has 44 heavy (non-hydrogen) atoms. The summed E-state index contributed by atoms with van der Waals surface area (Å²) in [5.41, 5.74) is -0.190. The summed E-state index contributed by atoms with van der Waals surface area (Å²) in [6, 6.07) is 21.3. The van der Waals surface area contributed by atoms with Crippen molar-refractivity contribution in [2.24, 2.45) is 0 Å². The maximum absolute atomic E-state index is 14.0. The van der Waals surface area contributed by atoms with Crippen LogP contribution in [0.3, 0.4) is 0 Å². The number of nitrogens with one attached hydrogen (secondary N) is 2. The van der Waals surface area contributed by atoms with Gasteiger partial charge in [-0.2, -0.15) is 18.2 Å². The number of carbonyl (C=O) groups is 2. The molecule has 0 aliphatic heterocycles. The van der Waals surface area contributed by atoms with Crippen LogP contribution in [0.5, 0.6) is 0 Å². The van der Waals surface area contributed by atoms with Gasteiger partial charge in [0.25, 0.3) is 5.91 Å². The maximum atomic E-state index is 14.0. The van der Waals surface area contributed by atoms with Crippen molar-refractivity contribution in [1.29, 1.82) is 0 Å². The Bertz CT molecular complexity index is 1580. The Kier molecular flexibility index (Phi) is 8.75. The van der Waals surface area contributed by atoms with Crippen molar-refractivity contribution in [1.82, 2.24) is 15.3 Å². The van der Waals surface area contributed by atoms with Gasteiger partial charge in [-0.25, -0.2) is 9.78 Å². The average molecular weight is 606 g/mol. The van der Waals surface area contributed by atoms with Gasteiger partial charge >= 0.3 is 12.1 Å². The molecule has 0 radical (unpaired) electrons. The van der Waals surface area contributed by atoms with Gasteiger partial charge in [0, 0.05) is 42.7 Å². The maximum Gasteiger partial charge on any atom is 0.490 e. The number of benzene rings is 3. The van der Waals surface area contributed by atoms with Gasteiger partial charge in [-0.3, -0.25) is 4.79 Å². The predicted molar refractivity (Wildman–Crippen MR) is 162 cm³/mol. The highest BCUT2D eigenvalue weighted by Gasteiger charge is 2.52. The number of nitrogens with zero attached hydrogens (tertiary/aromatic N) is 3. The zero-order valence-electron chi connectivity index (χ0n) is 24.7. The number of aromatic nitrogens is 2. The van der Waals surface area contributed by atoms with E-state index in [1.807, 2.05) is 38.1 Å². The summed E-state index contributed by atoms with van der Waals surface area (Å²) in [4.78, 5) is 37.7. The molecule has 0 atom stereocenters. The Morgan fingerprint density at radius 3 is 1.95 bits per heavy atom. The van der Waals surface area contributed by atoms with Crippen LogP contribution in [-0.2, 0) is 19.9 Å². The molecular weight excluding hydrogens is 571 g/mol. The summed E-state index contributed by atoms with van der Waals surface area (Å²) in [6.45, 7) is 2.02. The first kappa shape index (κ1) is 30.8. The number of halogens is 3. The third kappa shape index (κ3) is 6.46. The Hall–Kier alpha value is -4.67. The lowest BCUT2D eigenvalue weighted by atomic mass is 9.83. The molecule has 1 fully saturated rings. The van der Waals surface area contributed by atoms with Gasteiger partial charge in [0.2, 0.25) is 11.5 Å². The van der Waals surface area contributed by atoms with E-state index >= 15 is 0 Å². The van der Waals surface area contributed by atoms with Crippen molar-refractivity contribution in [2.75, 3.05) is 24.3 Å². The van der Waals surface area contributed by atoms with E-state index in [4.69, 9.17) is 14.7 Å². The molecule has 0 unspecified atom stereocenters. The van der Waals surface area contributed by atoms with Gasteiger partial charge in [-0.15, -0.1) is 0 Å². The molecule has 5 rings (SSSR count). The number of esters is 1. The lowest BCUT2D eigenvalue weighted by Gasteiger charge is -2.36. The molecule has 0 saturated heterocycles. The molecule has 8 nitrogen and oxygen atoms in total. The number of rotatable bonds is 8. The van der Waals surface area contributed by atoms with E-state index in [1.165, 1.54) is 24.3 Å². The molecule has 3 aromatic carbocycles. The highest BCUT2D eigenvalue weighted by Crippen LogP contribution is 2.37. The highest BCUT2D eigenvalue weighted by molar-refractivity contribution is 5.94. The Morgan fingerprint density at radius 1 is 0.841 bits per heavy atom. The summed E-state index contributed by atoms with van der Waals surface area (Å²) < 4.78 is 45.6. The van der Waals surface area contributed by atoms with Gasteiger partial charge in [0.15, 0.2) is 0 Å². The smallest absolute Gasteiger partial charge is 0.432 e. The number of anilines is 2. The number of hydrogen-bond acceptors (Lipinski definition) is 7.